The van der Waals surface area contributed by atoms with E-state index < -0.39 is 28.5 Å². The molecule has 1 fully saturated rings. The number of benzene rings is 1. The summed E-state index contributed by atoms with van der Waals surface area (Å²) in [7, 11) is -3.63. The molecule has 1 aromatic carbocycles. The van der Waals surface area contributed by atoms with Crippen molar-refractivity contribution in [2.75, 3.05) is 25.0 Å². The summed E-state index contributed by atoms with van der Waals surface area (Å²) in [6.45, 7) is 5.58. The number of nitrogens with zero attached hydrogens (tertiary/aromatic N) is 1. The molecule has 2 heterocycles. The zero-order chi connectivity index (χ0) is 21.9. The van der Waals surface area contributed by atoms with Gasteiger partial charge in [-0.3, -0.25) is 4.79 Å². The molecular weight excluding hydrogens is 408 g/mol. The summed E-state index contributed by atoms with van der Waals surface area (Å²) in [6, 6.07) is 6.26. The van der Waals surface area contributed by atoms with Crippen LogP contribution in [-0.2, 0) is 19.6 Å². The van der Waals surface area contributed by atoms with Crippen LogP contribution in [0.2, 0.25) is 0 Å². The maximum Gasteiger partial charge on any atom is 0.342 e. The van der Waals surface area contributed by atoms with Crippen LogP contribution in [0, 0.1) is 20.8 Å². The second-order valence-electron chi connectivity index (χ2n) is 7.40. The topological polar surface area (TPSA) is 106 Å². The summed E-state index contributed by atoms with van der Waals surface area (Å²) in [5.74, 6) is -0.224. The smallest absolute Gasteiger partial charge is 0.342 e. The second-order valence-corrected chi connectivity index (χ2v) is 9.30. The largest absolute Gasteiger partial charge is 0.466 e. The van der Waals surface area contributed by atoms with Crippen LogP contribution in [0.1, 0.15) is 46.7 Å². The van der Waals surface area contributed by atoms with Crippen LogP contribution in [-0.4, -0.2) is 44.3 Å². The summed E-state index contributed by atoms with van der Waals surface area (Å²) in [6.07, 6.45) is 2.71. The van der Waals surface area contributed by atoms with E-state index in [4.69, 9.17) is 9.15 Å². The van der Waals surface area contributed by atoms with Crippen molar-refractivity contribution in [3.05, 3.63) is 46.9 Å². The van der Waals surface area contributed by atoms with Gasteiger partial charge < -0.3 is 14.5 Å². The summed E-state index contributed by atoms with van der Waals surface area (Å²) in [5, 5.41) is 2.59. The van der Waals surface area contributed by atoms with Gasteiger partial charge in [0.2, 0.25) is 10.0 Å². The van der Waals surface area contributed by atoms with Gasteiger partial charge in [-0.2, -0.15) is 4.31 Å². The standard InChI is InChI=1S/C21H26N2O6S/c1-14-7-8-17(12-19(14)30(26,27)23-9-5-4-6-10-23)22-20(24)13-28-21(25)18-11-15(2)29-16(18)3/h7-8,11-12H,4-6,9-10,13H2,1-3H3,(H,22,24). The number of furan rings is 1. The molecule has 0 saturated carbocycles. The third-order valence-corrected chi connectivity index (χ3v) is 7.04. The van der Waals surface area contributed by atoms with Gasteiger partial charge in [-0.1, -0.05) is 12.5 Å². The third-order valence-electron chi connectivity index (χ3n) is 5.00. The summed E-state index contributed by atoms with van der Waals surface area (Å²) < 4.78 is 37.8. The number of piperidine rings is 1. The van der Waals surface area contributed by atoms with E-state index in [1.807, 2.05) is 0 Å². The van der Waals surface area contributed by atoms with Crippen molar-refractivity contribution in [1.82, 2.24) is 4.31 Å². The molecule has 0 bridgehead atoms. The molecule has 30 heavy (non-hydrogen) atoms. The van der Waals surface area contributed by atoms with Crippen LogP contribution >= 0.6 is 0 Å². The van der Waals surface area contributed by atoms with Crippen molar-refractivity contribution < 1.29 is 27.2 Å². The Balaban J connectivity index is 1.66. The van der Waals surface area contributed by atoms with E-state index in [0.29, 0.717) is 35.9 Å². The normalized spacial score (nSPS) is 15.0. The SMILES string of the molecule is Cc1cc(C(=O)OCC(=O)Nc2ccc(C)c(S(=O)(=O)N3CCCCC3)c2)c(C)o1. The van der Waals surface area contributed by atoms with E-state index in [2.05, 4.69) is 5.32 Å². The Morgan fingerprint density at radius 3 is 2.43 bits per heavy atom. The lowest BCUT2D eigenvalue weighted by molar-refractivity contribution is -0.119. The number of amides is 1. The minimum Gasteiger partial charge on any atom is -0.466 e. The van der Waals surface area contributed by atoms with E-state index in [9.17, 15) is 18.0 Å². The number of hydrogen-bond donors (Lipinski definition) is 1. The first-order valence-electron chi connectivity index (χ1n) is 9.83. The Morgan fingerprint density at radius 2 is 1.80 bits per heavy atom. The molecule has 0 atom stereocenters. The van der Waals surface area contributed by atoms with Crippen LogP contribution in [0.25, 0.3) is 0 Å². The van der Waals surface area contributed by atoms with Gasteiger partial charge in [0.25, 0.3) is 5.91 Å². The van der Waals surface area contributed by atoms with Gasteiger partial charge in [-0.05, 0) is 57.4 Å². The van der Waals surface area contributed by atoms with Crippen molar-refractivity contribution in [2.24, 2.45) is 0 Å². The minimum atomic E-state index is -3.63. The number of nitrogens with one attached hydrogen (secondary N) is 1. The number of sulfonamides is 1. The lowest BCUT2D eigenvalue weighted by Crippen LogP contribution is -2.36. The molecule has 0 radical (unpaired) electrons. The molecule has 1 amide bonds. The predicted octanol–water partition coefficient (Wildman–Crippen LogP) is 3.17. The Bertz CT molecular complexity index is 1050. The lowest BCUT2D eigenvalue weighted by Gasteiger charge is -2.26. The third kappa shape index (κ3) is 4.91. The number of rotatable bonds is 6. The number of esters is 1. The number of anilines is 1. The maximum absolute atomic E-state index is 13.0. The Hall–Kier alpha value is -2.65. The molecule has 0 unspecified atom stereocenters. The highest BCUT2D eigenvalue weighted by molar-refractivity contribution is 7.89. The van der Waals surface area contributed by atoms with Crippen molar-refractivity contribution >= 4 is 27.6 Å². The van der Waals surface area contributed by atoms with Gasteiger partial charge in [0.1, 0.15) is 17.1 Å². The minimum absolute atomic E-state index is 0.170. The molecule has 0 aliphatic carbocycles. The summed E-state index contributed by atoms with van der Waals surface area (Å²) in [5.41, 5.74) is 1.20. The molecule has 3 rings (SSSR count). The average molecular weight is 435 g/mol. The number of carbonyl (C=O) groups is 2. The molecule has 0 spiro atoms. The quantitative estimate of drug-likeness (QED) is 0.700. The highest BCUT2D eigenvalue weighted by atomic mass is 32.2. The van der Waals surface area contributed by atoms with E-state index in [0.717, 1.165) is 19.3 Å². The van der Waals surface area contributed by atoms with Crippen LogP contribution in [0.3, 0.4) is 0 Å². The van der Waals surface area contributed by atoms with Gasteiger partial charge in [-0.25, -0.2) is 13.2 Å². The number of hydrogen-bond acceptors (Lipinski definition) is 6. The van der Waals surface area contributed by atoms with Crippen molar-refractivity contribution in [3.63, 3.8) is 0 Å². The van der Waals surface area contributed by atoms with Gasteiger partial charge in [0.05, 0.1) is 4.90 Å². The van der Waals surface area contributed by atoms with Crippen LogP contribution in [0.5, 0.6) is 0 Å². The fourth-order valence-corrected chi connectivity index (χ4v) is 5.21. The molecule has 2 aromatic rings. The second kappa shape index (κ2) is 9.01. The van der Waals surface area contributed by atoms with Crippen molar-refractivity contribution in [3.8, 4) is 0 Å². The number of aryl methyl sites for hydroxylation is 3. The summed E-state index contributed by atoms with van der Waals surface area (Å²) in [4.78, 5) is 24.5. The van der Waals surface area contributed by atoms with Gasteiger partial charge >= 0.3 is 5.97 Å². The monoisotopic (exact) mass is 434 g/mol. The zero-order valence-corrected chi connectivity index (χ0v) is 18.2. The molecule has 1 aromatic heterocycles. The van der Waals surface area contributed by atoms with Crippen LogP contribution in [0.4, 0.5) is 5.69 Å². The molecule has 1 saturated heterocycles. The van der Waals surface area contributed by atoms with E-state index in [1.165, 1.54) is 10.4 Å². The molecule has 1 aliphatic rings. The fourth-order valence-electron chi connectivity index (χ4n) is 3.44. The van der Waals surface area contributed by atoms with Gasteiger partial charge in [-0.15, -0.1) is 0 Å². The van der Waals surface area contributed by atoms with Crippen molar-refractivity contribution in [2.45, 2.75) is 44.9 Å². The first-order chi connectivity index (χ1) is 14.2. The van der Waals surface area contributed by atoms with Crippen molar-refractivity contribution in [1.29, 1.82) is 0 Å². The van der Waals surface area contributed by atoms with Gasteiger partial charge in [0.15, 0.2) is 6.61 Å². The Labute approximate surface area is 176 Å². The Morgan fingerprint density at radius 1 is 1.10 bits per heavy atom. The highest BCUT2D eigenvalue weighted by Crippen LogP contribution is 2.26. The number of ether oxygens (including phenoxy) is 1. The molecular formula is C21H26N2O6S. The van der Waals surface area contributed by atoms with E-state index in [1.54, 1.807) is 39.0 Å². The average Bonchev–Trinajstić information content (AvgIpc) is 3.06. The van der Waals surface area contributed by atoms with Crippen LogP contribution in [0.15, 0.2) is 33.6 Å². The summed E-state index contributed by atoms with van der Waals surface area (Å²) >= 11 is 0. The predicted molar refractivity (Wildman–Crippen MR) is 111 cm³/mol. The first kappa shape index (κ1) is 22.0. The molecule has 8 nitrogen and oxygen atoms in total. The lowest BCUT2D eigenvalue weighted by atomic mass is 10.2. The van der Waals surface area contributed by atoms with E-state index in [-0.39, 0.29) is 10.5 Å². The Kier molecular flexibility index (Phi) is 6.62. The first-order valence-corrected chi connectivity index (χ1v) is 11.3. The molecule has 1 aliphatic heterocycles. The fraction of sp³-hybridized carbons (Fsp3) is 0.429. The van der Waals surface area contributed by atoms with E-state index >= 15 is 0 Å². The number of carbonyl (C=O) groups excluding carboxylic acids is 2. The molecule has 9 heteroatoms. The maximum atomic E-state index is 13.0. The van der Waals surface area contributed by atoms with Gasteiger partial charge in [0, 0.05) is 18.8 Å². The molecule has 1 N–H and O–H groups in total. The zero-order valence-electron chi connectivity index (χ0n) is 17.4. The van der Waals surface area contributed by atoms with Crippen LogP contribution < -0.4 is 5.32 Å². The highest BCUT2D eigenvalue weighted by Gasteiger charge is 2.27. The molecule has 162 valence electrons.